The molecule has 0 aliphatic carbocycles. The third-order valence-corrected chi connectivity index (χ3v) is 3.53. The van der Waals surface area contributed by atoms with Gasteiger partial charge < -0.3 is 20.1 Å². The molecule has 0 spiro atoms. The number of hydrogen-bond acceptors (Lipinski definition) is 4. The Bertz CT molecular complexity index is 301. The minimum atomic E-state index is -0.479. The predicted octanol–water partition coefficient (Wildman–Crippen LogP) is 0.434. The molecule has 3 atom stereocenters. The van der Waals surface area contributed by atoms with Crippen molar-refractivity contribution in [2.75, 3.05) is 26.2 Å². The zero-order chi connectivity index (χ0) is 12.6. The van der Waals surface area contributed by atoms with Crippen LogP contribution >= 0.6 is 0 Å². The molecule has 0 saturated carbocycles. The molecular weight excluding hydrogens is 220 g/mol. The largest absolute Gasteiger partial charge is 0.444 e. The highest BCUT2D eigenvalue weighted by Gasteiger charge is 2.46. The smallest absolute Gasteiger partial charge is 0.410 e. The van der Waals surface area contributed by atoms with Gasteiger partial charge in [-0.1, -0.05) is 0 Å². The molecule has 2 saturated heterocycles. The van der Waals surface area contributed by atoms with Gasteiger partial charge in [-0.3, -0.25) is 0 Å². The van der Waals surface area contributed by atoms with E-state index < -0.39 is 5.60 Å². The maximum absolute atomic E-state index is 12.0. The molecule has 0 bridgehead atoms. The van der Waals surface area contributed by atoms with E-state index in [1.165, 1.54) is 0 Å². The average Bonchev–Trinajstić information content (AvgIpc) is 2.72. The molecule has 5 heteroatoms. The zero-order valence-corrected chi connectivity index (χ0v) is 10.8. The lowest BCUT2D eigenvalue weighted by Gasteiger charge is -2.29. The topological polar surface area (TPSA) is 61.8 Å². The number of fused-ring (bicyclic) bond motifs is 1. The molecule has 2 aliphatic rings. The van der Waals surface area contributed by atoms with Gasteiger partial charge in [-0.2, -0.15) is 0 Å². The van der Waals surface area contributed by atoms with E-state index in [1.807, 2.05) is 20.8 Å². The maximum Gasteiger partial charge on any atom is 0.410 e. The molecule has 2 rings (SSSR count). The van der Waals surface area contributed by atoms with Gasteiger partial charge in [-0.05, 0) is 32.6 Å². The Labute approximate surface area is 102 Å². The summed E-state index contributed by atoms with van der Waals surface area (Å²) < 4.78 is 5.37. The number of ether oxygens (including phenoxy) is 1. The Balaban J connectivity index is 2.03. The van der Waals surface area contributed by atoms with Crippen molar-refractivity contribution < 1.29 is 14.6 Å². The summed E-state index contributed by atoms with van der Waals surface area (Å²) in [5.74, 6) is 0.826. The van der Waals surface area contributed by atoms with Gasteiger partial charge in [-0.25, -0.2) is 4.79 Å². The van der Waals surface area contributed by atoms with E-state index >= 15 is 0 Å². The number of likely N-dealkylation sites (tertiary alicyclic amines) is 1. The molecule has 5 nitrogen and oxygen atoms in total. The first-order chi connectivity index (χ1) is 7.92. The summed E-state index contributed by atoms with van der Waals surface area (Å²) in [6, 6.07) is -0.0927. The van der Waals surface area contributed by atoms with Crippen LogP contribution in [0, 0.1) is 11.8 Å². The molecule has 0 radical (unpaired) electrons. The second-order valence-corrected chi connectivity index (χ2v) is 5.96. The zero-order valence-electron chi connectivity index (χ0n) is 10.8. The van der Waals surface area contributed by atoms with Gasteiger partial charge in [0.25, 0.3) is 0 Å². The van der Waals surface area contributed by atoms with Gasteiger partial charge >= 0.3 is 6.09 Å². The lowest BCUT2D eigenvalue weighted by molar-refractivity contribution is 0.0144. The lowest BCUT2D eigenvalue weighted by atomic mass is 9.95. The van der Waals surface area contributed by atoms with Crippen LogP contribution in [0.1, 0.15) is 20.8 Å². The fraction of sp³-hybridized carbons (Fsp3) is 0.917. The highest BCUT2D eigenvalue weighted by Crippen LogP contribution is 2.33. The number of aliphatic hydroxyl groups is 1. The minimum Gasteiger partial charge on any atom is -0.444 e. The van der Waals surface area contributed by atoms with Gasteiger partial charge in [0.15, 0.2) is 0 Å². The lowest BCUT2D eigenvalue weighted by Crippen LogP contribution is -2.44. The van der Waals surface area contributed by atoms with Crippen LogP contribution in [-0.4, -0.2) is 54.0 Å². The normalized spacial score (nSPS) is 32.7. The van der Waals surface area contributed by atoms with Gasteiger partial charge in [0.2, 0.25) is 0 Å². The molecule has 0 unspecified atom stereocenters. The maximum atomic E-state index is 12.0. The summed E-state index contributed by atoms with van der Waals surface area (Å²) in [5, 5.41) is 12.8. The number of amides is 1. The van der Waals surface area contributed by atoms with Crippen molar-refractivity contribution in [3.05, 3.63) is 0 Å². The SMILES string of the molecule is CC(C)(C)OC(=O)N1C[C@@H]2CNC[C@@H]2[C@@H]1CO. The predicted molar refractivity (Wildman–Crippen MR) is 63.7 cm³/mol. The third kappa shape index (κ3) is 2.55. The summed E-state index contributed by atoms with van der Waals surface area (Å²) in [5.41, 5.74) is -0.479. The van der Waals surface area contributed by atoms with Gasteiger partial charge in [0.05, 0.1) is 12.6 Å². The van der Waals surface area contributed by atoms with E-state index in [-0.39, 0.29) is 18.7 Å². The number of nitrogens with zero attached hydrogens (tertiary/aromatic N) is 1. The summed E-state index contributed by atoms with van der Waals surface area (Å²) in [7, 11) is 0. The summed E-state index contributed by atoms with van der Waals surface area (Å²) in [4.78, 5) is 13.7. The van der Waals surface area contributed by atoms with Crippen molar-refractivity contribution >= 4 is 6.09 Å². The highest BCUT2D eigenvalue weighted by molar-refractivity contribution is 5.69. The van der Waals surface area contributed by atoms with Crippen molar-refractivity contribution in [2.24, 2.45) is 11.8 Å². The second kappa shape index (κ2) is 4.46. The first-order valence-electron chi connectivity index (χ1n) is 6.23. The molecule has 2 aliphatic heterocycles. The third-order valence-electron chi connectivity index (χ3n) is 3.53. The Morgan fingerprint density at radius 2 is 2.18 bits per heavy atom. The molecule has 0 aromatic rings. The number of aliphatic hydroxyl groups excluding tert-OH is 1. The Morgan fingerprint density at radius 1 is 1.47 bits per heavy atom. The fourth-order valence-electron chi connectivity index (χ4n) is 2.79. The van der Waals surface area contributed by atoms with E-state index in [0.717, 1.165) is 13.1 Å². The second-order valence-electron chi connectivity index (χ2n) is 5.96. The fourth-order valence-corrected chi connectivity index (χ4v) is 2.79. The standard InChI is InChI=1S/C12H22N2O3/c1-12(2,3)17-11(16)14-6-8-4-13-5-9(8)10(14)7-15/h8-10,13,15H,4-7H2,1-3H3/t8-,9-,10-/m0/s1. The number of hydrogen-bond donors (Lipinski definition) is 2. The van der Waals surface area contributed by atoms with Crippen LogP contribution in [-0.2, 0) is 4.74 Å². The van der Waals surface area contributed by atoms with Crippen LogP contribution in [0.5, 0.6) is 0 Å². The summed E-state index contributed by atoms with van der Waals surface area (Å²) in [6.45, 7) is 8.10. The summed E-state index contributed by atoms with van der Waals surface area (Å²) in [6.07, 6.45) is -0.300. The summed E-state index contributed by atoms with van der Waals surface area (Å²) >= 11 is 0. The Kier molecular flexibility index (Phi) is 3.32. The van der Waals surface area contributed by atoms with Crippen LogP contribution in [0.15, 0.2) is 0 Å². The van der Waals surface area contributed by atoms with Crippen molar-refractivity contribution in [3.63, 3.8) is 0 Å². The van der Waals surface area contributed by atoms with Crippen LogP contribution in [0.4, 0.5) is 4.79 Å². The number of rotatable bonds is 1. The van der Waals surface area contributed by atoms with Crippen molar-refractivity contribution in [1.29, 1.82) is 0 Å². The van der Waals surface area contributed by atoms with E-state index in [9.17, 15) is 9.90 Å². The molecule has 1 amide bonds. The molecule has 0 aromatic carbocycles. The van der Waals surface area contributed by atoms with E-state index in [2.05, 4.69) is 5.32 Å². The minimum absolute atomic E-state index is 0.0160. The van der Waals surface area contributed by atoms with E-state index in [1.54, 1.807) is 4.90 Å². The van der Waals surface area contributed by atoms with Crippen molar-refractivity contribution in [3.8, 4) is 0 Å². The van der Waals surface area contributed by atoms with Crippen molar-refractivity contribution in [2.45, 2.75) is 32.4 Å². The quantitative estimate of drug-likeness (QED) is 0.700. The molecule has 17 heavy (non-hydrogen) atoms. The average molecular weight is 242 g/mol. The Morgan fingerprint density at radius 3 is 2.76 bits per heavy atom. The van der Waals surface area contributed by atoms with Crippen LogP contribution in [0.3, 0.4) is 0 Å². The first-order valence-corrected chi connectivity index (χ1v) is 6.23. The Hall–Kier alpha value is -0.810. The molecule has 2 fully saturated rings. The van der Waals surface area contributed by atoms with Crippen LogP contribution in [0.25, 0.3) is 0 Å². The van der Waals surface area contributed by atoms with Gasteiger partial charge in [0, 0.05) is 19.6 Å². The van der Waals surface area contributed by atoms with Gasteiger partial charge in [-0.15, -0.1) is 0 Å². The number of carbonyl (C=O) groups excluding carboxylic acids is 1. The molecule has 0 aromatic heterocycles. The molecule has 2 heterocycles. The monoisotopic (exact) mass is 242 g/mol. The molecular formula is C12H22N2O3. The van der Waals surface area contributed by atoms with Crippen molar-refractivity contribution in [1.82, 2.24) is 10.2 Å². The number of nitrogens with one attached hydrogen (secondary N) is 1. The molecule has 2 N–H and O–H groups in total. The first kappa shape index (κ1) is 12.6. The van der Waals surface area contributed by atoms with Gasteiger partial charge in [0.1, 0.15) is 5.60 Å². The number of carbonyl (C=O) groups is 1. The van der Waals surface area contributed by atoms with Crippen LogP contribution in [0.2, 0.25) is 0 Å². The van der Waals surface area contributed by atoms with Crippen LogP contribution < -0.4 is 5.32 Å². The molecule has 98 valence electrons. The van der Waals surface area contributed by atoms with E-state index in [0.29, 0.717) is 18.4 Å². The van der Waals surface area contributed by atoms with E-state index in [4.69, 9.17) is 4.74 Å². The highest BCUT2D eigenvalue weighted by atomic mass is 16.6.